The fourth-order valence-electron chi connectivity index (χ4n) is 1.74. The van der Waals surface area contributed by atoms with Gasteiger partial charge in [-0.15, -0.1) is 12.4 Å². The summed E-state index contributed by atoms with van der Waals surface area (Å²) in [6, 6.07) is 1.06. The number of hydrogen-bond donors (Lipinski definition) is 2. The molecule has 106 valence electrons. The average Bonchev–Trinajstić information content (AvgIpc) is 2.23. The number of rotatable bonds is 3. The molecule has 2 N–H and O–H groups in total. The fraction of sp³-hybridized carbons (Fsp3) is 0.417. The second-order valence-electron chi connectivity index (χ2n) is 4.44. The van der Waals surface area contributed by atoms with Crippen LogP contribution in [-0.2, 0) is 4.79 Å². The van der Waals surface area contributed by atoms with E-state index in [4.69, 9.17) is 0 Å². The third-order valence-electron chi connectivity index (χ3n) is 3.20. The molecule has 1 aliphatic rings. The van der Waals surface area contributed by atoms with Crippen LogP contribution in [0.3, 0.4) is 0 Å². The number of nitrogens with one attached hydrogen (secondary N) is 2. The van der Waals surface area contributed by atoms with E-state index in [0.29, 0.717) is 12.1 Å². The van der Waals surface area contributed by atoms with Crippen molar-refractivity contribution >= 4 is 24.0 Å². The Morgan fingerprint density at radius 3 is 2.37 bits per heavy atom. The van der Waals surface area contributed by atoms with Crippen LogP contribution in [0.4, 0.5) is 18.9 Å². The highest BCUT2D eigenvalue weighted by molar-refractivity contribution is 5.92. The van der Waals surface area contributed by atoms with Crippen molar-refractivity contribution in [2.75, 3.05) is 18.4 Å². The second-order valence-corrected chi connectivity index (χ2v) is 4.44. The van der Waals surface area contributed by atoms with E-state index in [1.54, 1.807) is 6.92 Å². The number of anilines is 1. The summed E-state index contributed by atoms with van der Waals surface area (Å²) < 4.78 is 39.0. The van der Waals surface area contributed by atoms with Gasteiger partial charge in [-0.3, -0.25) is 4.79 Å². The molecule has 0 aromatic heterocycles. The van der Waals surface area contributed by atoms with Crippen molar-refractivity contribution in [3.05, 3.63) is 29.6 Å². The van der Waals surface area contributed by atoms with E-state index in [1.165, 1.54) is 0 Å². The third-order valence-corrected chi connectivity index (χ3v) is 3.20. The quantitative estimate of drug-likeness (QED) is 0.840. The van der Waals surface area contributed by atoms with Crippen molar-refractivity contribution < 1.29 is 18.0 Å². The molecule has 0 bridgehead atoms. The zero-order valence-electron chi connectivity index (χ0n) is 10.2. The lowest BCUT2D eigenvalue weighted by Crippen LogP contribution is -2.48. The Labute approximate surface area is 115 Å². The van der Waals surface area contributed by atoms with E-state index in [0.717, 1.165) is 13.1 Å². The van der Waals surface area contributed by atoms with Crippen LogP contribution in [0.25, 0.3) is 0 Å². The Morgan fingerprint density at radius 1 is 1.26 bits per heavy atom. The van der Waals surface area contributed by atoms with E-state index in [1.807, 2.05) is 0 Å². The van der Waals surface area contributed by atoms with Gasteiger partial charge < -0.3 is 10.6 Å². The molecule has 0 radical (unpaired) electrons. The molecule has 1 atom stereocenters. The number of hydrogen-bond acceptors (Lipinski definition) is 2. The molecule has 2 rings (SSSR count). The summed E-state index contributed by atoms with van der Waals surface area (Å²) >= 11 is 0. The minimum atomic E-state index is -1.28. The largest absolute Gasteiger partial charge is 0.323 e. The summed E-state index contributed by atoms with van der Waals surface area (Å²) in [5.41, 5.74) is -0.335. The van der Waals surface area contributed by atoms with Crippen LogP contribution < -0.4 is 10.6 Å². The minimum Gasteiger partial charge on any atom is -0.323 e. The molecule has 1 aromatic carbocycles. The molecule has 1 saturated heterocycles. The highest BCUT2D eigenvalue weighted by Crippen LogP contribution is 2.22. The summed E-state index contributed by atoms with van der Waals surface area (Å²) in [7, 11) is 0. The van der Waals surface area contributed by atoms with Gasteiger partial charge in [-0.2, -0.15) is 0 Å². The van der Waals surface area contributed by atoms with Gasteiger partial charge in [0, 0.05) is 18.1 Å². The van der Waals surface area contributed by atoms with Crippen LogP contribution in [0.5, 0.6) is 0 Å². The molecule has 1 aliphatic heterocycles. The predicted octanol–water partition coefficient (Wildman–Crippen LogP) is 2.32. The number of carbonyl (C=O) groups excluding carboxylic acids is 1. The molecule has 1 fully saturated rings. The predicted molar refractivity (Wildman–Crippen MR) is 67.7 cm³/mol. The van der Waals surface area contributed by atoms with Gasteiger partial charge in [-0.25, -0.2) is 13.2 Å². The Balaban J connectivity index is 0.00000180. The third kappa shape index (κ3) is 3.39. The van der Waals surface area contributed by atoms with Crippen molar-refractivity contribution in [2.45, 2.75) is 6.92 Å². The number of carbonyl (C=O) groups is 1. The standard InChI is InChI=1S/C12H13F3N2O.ClH/c1-6(7-4-16-5-7)12(18)17-11-3-9(14)8(13)2-10(11)15;/h2-3,6-7,16H,4-5H2,1H3,(H,17,18);1H. The van der Waals surface area contributed by atoms with Gasteiger partial charge in [0.2, 0.25) is 5.91 Å². The van der Waals surface area contributed by atoms with Gasteiger partial charge in [-0.1, -0.05) is 6.92 Å². The fourth-order valence-corrected chi connectivity index (χ4v) is 1.74. The average molecular weight is 295 g/mol. The monoisotopic (exact) mass is 294 g/mol. The normalized spacial score (nSPS) is 16.2. The van der Waals surface area contributed by atoms with Gasteiger partial charge >= 0.3 is 0 Å². The first kappa shape index (κ1) is 15.8. The zero-order chi connectivity index (χ0) is 13.3. The Hall–Kier alpha value is -1.27. The second kappa shape index (κ2) is 6.25. The molecular formula is C12H14ClF3N2O. The first-order chi connectivity index (χ1) is 8.49. The van der Waals surface area contributed by atoms with Gasteiger partial charge in [0.05, 0.1) is 5.69 Å². The Kier molecular flexibility index (Phi) is 5.20. The number of benzene rings is 1. The van der Waals surface area contributed by atoms with Gasteiger partial charge in [-0.05, 0) is 19.0 Å². The van der Waals surface area contributed by atoms with E-state index in [-0.39, 0.29) is 29.9 Å². The molecule has 1 heterocycles. The number of amides is 1. The lowest BCUT2D eigenvalue weighted by atomic mass is 9.88. The van der Waals surface area contributed by atoms with Gasteiger partial charge in [0.1, 0.15) is 5.82 Å². The first-order valence-electron chi connectivity index (χ1n) is 5.65. The highest BCUT2D eigenvalue weighted by atomic mass is 35.5. The van der Waals surface area contributed by atoms with E-state index < -0.39 is 23.4 Å². The van der Waals surface area contributed by atoms with Crippen molar-refractivity contribution in [2.24, 2.45) is 11.8 Å². The zero-order valence-corrected chi connectivity index (χ0v) is 11.0. The Morgan fingerprint density at radius 2 is 1.84 bits per heavy atom. The van der Waals surface area contributed by atoms with Crippen molar-refractivity contribution in [1.29, 1.82) is 0 Å². The van der Waals surface area contributed by atoms with E-state index >= 15 is 0 Å². The van der Waals surface area contributed by atoms with Crippen molar-refractivity contribution in [3.8, 4) is 0 Å². The van der Waals surface area contributed by atoms with Crippen LogP contribution in [0.1, 0.15) is 6.92 Å². The molecule has 1 amide bonds. The molecule has 1 unspecified atom stereocenters. The van der Waals surface area contributed by atoms with Gasteiger partial charge in [0.25, 0.3) is 0 Å². The number of halogens is 4. The lowest BCUT2D eigenvalue weighted by molar-refractivity contribution is -0.121. The summed E-state index contributed by atoms with van der Waals surface area (Å²) in [6.07, 6.45) is 0. The maximum absolute atomic E-state index is 13.3. The summed E-state index contributed by atoms with van der Waals surface area (Å²) in [4.78, 5) is 11.8. The molecule has 0 spiro atoms. The van der Waals surface area contributed by atoms with E-state index in [2.05, 4.69) is 10.6 Å². The molecule has 19 heavy (non-hydrogen) atoms. The van der Waals surface area contributed by atoms with Gasteiger partial charge in [0.15, 0.2) is 11.6 Å². The van der Waals surface area contributed by atoms with Crippen LogP contribution in [0.15, 0.2) is 12.1 Å². The lowest BCUT2D eigenvalue weighted by Gasteiger charge is -2.31. The maximum Gasteiger partial charge on any atom is 0.227 e. The first-order valence-corrected chi connectivity index (χ1v) is 5.65. The van der Waals surface area contributed by atoms with Crippen molar-refractivity contribution in [1.82, 2.24) is 5.32 Å². The van der Waals surface area contributed by atoms with Crippen molar-refractivity contribution in [3.63, 3.8) is 0 Å². The van der Waals surface area contributed by atoms with Crippen LogP contribution in [0, 0.1) is 29.3 Å². The van der Waals surface area contributed by atoms with Crippen LogP contribution in [-0.4, -0.2) is 19.0 Å². The smallest absolute Gasteiger partial charge is 0.227 e. The molecular weight excluding hydrogens is 281 g/mol. The topological polar surface area (TPSA) is 41.1 Å². The molecule has 0 saturated carbocycles. The molecule has 3 nitrogen and oxygen atoms in total. The summed E-state index contributed by atoms with van der Waals surface area (Å²) in [5, 5.41) is 5.30. The van der Waals surface area contributed by atoms with Crippen LogP contribution in [0.2, 0.25) is 0 Å². The minimum absolute atomic E-state index is 0. The Bertz CT molecular complexity index is 480. The molecule has 0 aliphatic carbocycles. The maximum atomic E-state index is 13.3. The van der Waals surface area contributed by atoms with E-state index in [9.17, 15) is 18.0 Å². The highest BCUT2D eigenvalue weighted by Gasteiger charge is 2.29. The summed E-state index contributed by atoms with van der Waals surface area (Å²) in [6.45, 7) is 3.18. The summed E-state index contributed by atoms with van der Waals surface area (Å²) in [5.74, 6) is -3.96. The molecule has 1 aromatic rings. The SMILES string of the molecule is CC(C(=O)Nc1cc(F)c(F)cc1F)C1CNC1.Cl. The molecule has 7 heteroatoms. The van der Waals surface area contributed by atoms with Crippen LogP contribution >= 0.6 is 12.4 Å².